The van der Waals surface area contributed by atoms with Crippen LogP contribution >= 0.6 is 12.4 Å². The van der Waals surface area contributed by atoms with E-state index >= 15 is 0 Å². The van der Waals surface area contributed by atoms with Gasteiger partial charge in [0, 0.05) is 12.6 Å². The van der Waals surface area contributed by atoms with Crippen LogP contribution in [0.5, 0.6) is 0 Å². The normalized spacial score (nSPS) is 19.3. The summed E-state index contributed by atoms with van der Waals surface area (Å²) in [5.74, 6) is 0. The molecule has 12 heavy (non-hydrogen) atoms. The zero-order chi connectivity index (χ0) is 8.10. The molecule has 0 amide bonds. The zero-order valence-corrected chi connectivity index (χ0v) is 8.15. The van der Waals surface area contributed by atoms with E-state index in [1.165, 1.54) is 24.8 Å². The van der Waals surface area contributed by atoms with Crippen molar-refractivity contribution in [2.24, 2.45) is 5.73 Å². The van der Waals surface area contributed by atoms with Gasteiger partial charge in [-0.3, -0.25) is 0 Å². The molecule has 3 N–H and O–H groups in total. The Bertz CT molecular complexity index is 147. The Hall–Kier alpha value is -0.0500. The number of aliphatic hydroxyl groups excluding tert-OH is 1. The van der Waals surface area contributed by atoms with Gasteiger partial charge in [0.1, 0.15) is 0 Å². The lowest BCUT2D eigenvalue weighted by Crippen LogP contribution is -2.24. The van der Waals surface area contributed by atoms with Crippen LogP contribution in [0.25, 0.3) is 0 Å². The molecule has 0 heterocycles. The summed E-state index contributed by atoms with van der Waals surface area (Å²) >= 11 is 0. The second-order valence-electron chi connectivity index (χ2n) is 3.14. The second-order valence-corrected chi connectivity index (χ2v) is 3.14. The van der Waals surface area contributed by atoms with Crippen molar-refractivity contribution in [1.82, 2.24) is 0 Å². The van der Waals surface area contributed by atoms with Crippen LogP contribution in [0.4, 0.5) is 0 Å². The second kappa shape index (κ2) is 6.46. The maximum absolute atomic E-state index is 8.66. The van der Waals surface area contributed by atoms with Crippen molar-refractivity contribution in [3.8, 4) is 0 Å². The minimum Gasteiger partial charge on any atom is -0.396 e. The molecule has 2 nitrogen and oxygen atoms in total. The summed E-state index contributed by atoms with van der Waals surface area (Å²) in [5.41, 5.74) is 7.18. The highest BCUT2D eigenvalue weighted by Gasteiger charge is 2.10. The third-order valence-electron chi connectivity index (χ3n) is 2.24. The standard InChI is InChI=1S/C9H17NO.ClH/c10-9(6-7-11)8-4-2-1-3-5-8;/h4,9,11H,1-3,5-7,10H2;1H. The van der Waals surface area contributed by atoms with Crippen molar-refractivity contribution in [2.45, 2.75) is 38.1 Å². The monoisotopic (exact) mass is 191 g/mol. The Labute approximate surface area is 80.3 Å². The van der Waals surface area contributed by atoms with Crippen molar-refractivity contribution in [3.05, 3.63) is 11.6 Å². The maximum Gasteiger partial charge on any atom is 0.0448 e. The molecular formula is C9H18ClNO. The highest BCUT2D eigenvalue weighted by molar-refractivity contribution is 5.85. The lowest BCUT2D eigenvalue weighted by atomic mass is 9.93. The van der Waals surface area contributed by atoms with Crippen molar-refractivity contribution in [3.63, 3.8) is 0 Å². The van der Waals surface area contributed by atoms with Crippen LogP contribution in [0.2, 0.25) is 0 Å². The number of rotatable bonds is 3. The molecule has 1 atom stereocenters. The van der Waals surface area contributed by atoms with Crippen LogP contribution in [0.15, 0.2) is 11.6 Å². The van der Waals surface area contributed by atoms with Crippen LogP contribution in [0.1, 0.15) is 32.1 Å². The summed E-state index contributed by atoms with van der Waals surface area (Å²) < 4.78 is 0. The Morgan fingerprint density at radius 1 is 1.50 bits per heavy atom. The molecule has 1 unspecified atom stereocenters. The molecular weight excluding hydrogens is 174 g/mol. The van der Waals surface area contributed by atoms with Crippen LogP contribution < -0.4 is 5.73 Å². The number of hydrogen-bond acceptors (Lipinski definition) is 2. The van der Waals surface area contributed by atoms with E-state index < -0.39 is 0 Å². The first-order chi connectivity index (χ1) is 5.34. The first-order valence-electron chi connectivity index (χ1n) is 4.40. The van der Waals surface area contributed by atoms with Crippen LogP contribution in [-0.4, -0.2) is 17.8 Å². The van der Waals surface area contributed by atoms with Crippen LogP contribution in [0, 0.1) is 0 Å². The summed E-state index contributed by atoms with van der Waals surface area (Å²) in [4.78, 5) is 0. The number of allylic oxidation sites excluding steroid dienone is 1. The van der Waals surface area contributed by atoms with Gasteiger partial charge in [-0.15, -0.1) is 12.4 Å². The zero-order valence-electron chi connectivity index (χ0n) is 7.33. The van der Waals surface area contributed by atoms with Gasteiger partial charge in [0.25, 0.3) is 0 Å². The first kappa shape index (κ1) is 11.9. The smallest absolute Gasteiger partial charge is 0.0448 e. The Balaban J connectivity index is 0.00000121. The quantitative estimate of drug-likeness (QED) is 0.666. The Morgan fingerprint density at radius 2 is 2.25 bits per heavy atom. The van der Waals surface area contributed by atoms with E-state index in [0.717, 1.165) is 6.42 Å². The van der Waals surface area contributed by atoms with Crippen molar-refractivity contribution in [2.75, 3.05) is 6.61 Å². The van der Waals surface area contributed by atoms with E-state index in [2.05, 4.69) is 6.08 Å². The van der Waals surface area contributed by atoms with Crippen LogP contribution in [-0.2, 0) is 0 Å². The van der Waals surface area contributed by atoms with E-state index in [-0.39, 0.29) is 25.1 Å². The summed E-state index contributed by atoms with van der Waals surface area (Å²) in [5, 5.41) is 8.66. The van der Waals surface area contributed by atoms with Gasteiger partial charge in [-0.1, -0.05) is 11.6 Å². The molecule has 0 fully saturated rings. The molecule has 0 saturated heterocycles. The molecule has 1 rings (SSSR count). The van der Waals surface area contributed by atoms with Gasteiger partial charge in [-0.05, 0) is 32.1 Å². The maximum atomic E-state index is 8.66. The Morgan fingerprint density at radius 3 is 2.75 bits per heavy atom. The van der Waals surface area contributed by atoms with Gasteiger partial charge in [0.05, 0.1) is 0 Å². The Kier molecular flexibility index (Phi) is 6.44. The fraction of sp³-hybridized carbons (Fsp3) is 0.778. The number of halogens is 1. The van der Waals surface area contributed by atoms with Gasteiger partial charge >= 0.3 is 0 Å². The molecule has 0 radical (unpaired) electrons. The number of hydrogen-bond donors (Lipinski definition) is 2. The van der Waals surface area contributed by atoms with Gasteiger partial charge in [-0.2, -0.15) is 0 Å². The molecule has 1 aliphatic rings. The van der Waals surface area contributed by atoms with Crippen molar-refractivity contribution >= 4 is 12.4 Å². The summed E-state index contributed by atoms with van der Waals surface area (Å²) in [6, 6.07) is 0.111. The predicted molar refractivity (Wildman–Crippen MR) is 53.5 cm³/mol. The number of nitrogens with two attached hydrogens (primary N) is 1. The highest BCUT2D eigenvalue weighted by atomic mass is 35.5. The number of aliphatic hydroxyl groups is 1. The lowest BCUT2D eigenvalue weighted by Gasteiger charge is -2.18. The molecule has 0 bridgehead atoms. The first-order valence-corrected chi connectivity index (χ1v) is 4.40. The molecule has 0 aromatic carbocycles. The average Bonchev–Trinajstić information content (AvgIpc) is 2.07. The van der Waals surface area contributed by atoms with Gasteiger partial charge in [0.2, 0.25) is 0 Å². The minimum absolute atomic E-state index is 0. The van der Waals surface area contributed by atoms with Gasteiger partial charge in [-0.25, -0.2) is 0 Å². The fourth-order valence-corrected chi connectivity index (χ4v) is 1.52. The molecule has 1 aliphatic carbocycles. The third kappa shape index (κ3) is 3.57. The third-order valence-corrected chi connectivity index (χ3v) is 2.24. The largest absolute Gasteiger partial charge is 0.396 e. The average molecular weight is 192 g/mol. The summed E-state index contributed by atoms with van der Waals surface area (Å²) in [6.45, 7) is 0.207. The minimum atomic E-state index is 0. The van der Waals surface area contributed by atoms with E-state index in [9.17, 15) is 0 Å². The molecule has 0 saturated carbocycles. The predicted octanol–water partition coefficient (Wildman–Crippen LogP) is 1.62. The molecule has 3 heteroatoms. The summed E-state index contributed by atoms with van der Waals surface area (Å²) in [6.07, 6.45) is 7.84. The molecule has 0 aromatic heterocycles. The fourth-order valence-electron chi connectivity index (χ4n) is 1.52. The SMILES string of the molecule is Cl.NC(CCO)C1=CCCCC1. The van der Waals surface area contributed by atoms with E-state index in [0.29, 0.717) is 6.42 Å². The molecule has 0 aliphatic heterocycles. The molecule has 0 spiro atoms. The van der Waals surface area contributed by atoms with E-state index in [1.807, 2.05) is 0 Å². The van der Waals surface area contributed by atoms with E-state index in [4.69, 9.17) is 10.8 Å². The van der Waals surface area contributed by atoms with Crippen molar-refractivity contribution in [1.29, 1.82) is 0 Å². The van der Waals surface area contributed by atoms with Gasteiger partial charge in [0.15, 0.2) is 0 Å². The summed E-state index contributed by atoms with van der Waals surface area (Å²) in [7, 11) is 0. The topological polar surface area (TPSA) is 46.2 Å². The van der Waals surface area contributed by atoms with Gasteiger partial charge < -0.3 is 10.8 Å². The molecule has 0 aromatic rings. The van der Waals surface area contributed by atoms with Crippen LogP contribution in [0.3, 0.4) is 0 Å². The lowest BCUT2D eigenvalue weighted by molar-refractivity contribution is 0.280. The molecule has 72 valence electrons. The van der Waals surface area contributed by atoms with Crippen molar-refractivity contribution < 1.29 is 5.11 Å². The van der Waals surface area contributed by atoms with E-state index in [1.54, 1.807) is 0 Å². The highest BCUT2D eigenvalue weighted by Crippen LogP contribution is 2.20.